The summed E-state index contributed by atoms with van der Waals surface area (Å²) < 4.78 is 7.27. The lowest BCUT2D eigenvalue weighted by Gasteiger charge is -2.36. The van der Waals surface area contributed by atoms with Crippen LogP contribution in [0.3, 0.4) is 0 Å². The second-order valence-corrected chi connectivity index (χ2v) is 17.7. The maximum absolute atomic E-state index is 7.27. The normalized spacial score (nSPS) is 17.1. The molecule has 0 spiro atoms. The number of rotatable bonds is 5. The fourth-order valence-corrected chi connectivity index (χ4v) is 9.84. The van der Waals surface area contributed by atoms with E-state index in [1.54, 1.807) is 0 Å². The molecular weight excluding hydrogens is 769 g/mol. The first-order valence-electron chi connectivity index (χ1n) is 21.7. The first kappa shape index (κ1) is 38.3. The van der Waals surface area contributed by atoms with Crippen LogP contribution in [-0.2, 0) is 17.3 Å². The number of aromatic nitrogens is 3. The van der Waals surface area contributed by atoms with Crippen molar-refractivity contribution in [3.8, 4) is 56.8 Å². The maximum atomic E-state index is 7.27. The van der Waals surface area contributed by atoms with Crippen LogP contribution in [0.15, 0.2) is 200 Å². The van der Waals surface area contributed by atoms with Crippen LogP contribution in [0.1, 0.15) is 55.5 Å². The molecule has 2 aliphatic heterocycles. The Bertz CT molecular complexity index is 3120. The lowest BCUT2D eigenvalue weighted by Crippen LogP contribution is -2.25. The summed E-state index contributed by atoms with van der Waals surface area (Å²) in [6, 6.07) is 59.3. The van der Waals surface area contributed by atoms with Gasteiger partial charge in [-0.2, -0.15) is 0 Å². The van der Waals surface area contributed by atoms with Gasteiger partial charge in [-0.05, 0) is 76.2 Å². The molecule has 0 bridgehead atoms. The van der Waals surface area contributed by atoms with E-state index < -0.39 is 5.41 Å². The second-order valence-electron chi connectivity index (χ2n) is 17.7. The molecule has 0 fully saturated rings. The van der Waals surface area contributed by atoms with Crippen molar-refractivity contribution in [2.45, 2.75) is 44.9 Å². The van der Waals surface area contributed by atoms with Crippen LogP contribution in [0, 0.1) is 0 Å². The highest BCUT2D eigenvalue weighted by Gasteiger charge is 2.40. The van der Waals surface area contributed by atoms with E-state index in [9.17, 15) is 0 Å². The summed E-state index contributed by atoms with van der Waals surface area (Å²) in [5, 5.41) is 0. The number of fused-ring (bicyclic) bond motifs is 6. The van der Waals surface area contributed by atoms with Gasteiger partial charge in [-0.1, -0.05) is 180 Å². The van der Waals surface area contributed by atoms with Crippen molar-refractivity contribution in [3.05, 3.63) is 228 Å². The van der Waals surface area contributed by atoms with Gasteiger partial charge in [-0.15, -0.1) is 0 Å². The van der Waals surface area contributed by atoms with E-state index in [0.717, 1.165) is 73.9 Å². The lowest BCUT2D eigenvalue weighted by atomic mass is 9.74. The third-order valence-corrected chi connectivity index (χ3v) is 13.1. The molecule has 1 aromatic heterocycles. The molecule has 3 aliphatic rings. The monoisotopic (exact) mass is 814 g/mol. The van der Waals surface area contributed by atoms with E-state index in [4.69, 9.17) is 26.3 Å². The summed E-state index contributed by atoms with van der Waals surface area (Å²) >= 11 is 0. The quantitative estimate of drug-likeness (QED) is 0.173. The van der Waals surface area contributed by atoms with Crippen molar-refractivity contribution in [2.75, 3.05) is 4.90 Å². The van der Waals surface area contributed by atoms with Crippen LogP contribution < -0.4 is 9.64 Å². The van der Waals surface area contributed by atoms with Crippen molar-refractivity contribution in [2.24, 2.45) is 0 Å². The van der Waals surface area contributed by atoms with Gasteiger partial charge in [-0.25, -0.2) is 15.0 Å². The van der Waals surface area contributed by atoms with Crippen molar-refractivity contribution in [1.29, 1.82) is 0 Å². The minimum Gasteiger partial charge on any atom is -0.455 e. The first-order chi connectivity index (χ1) is 30.7. The van der Waals surface area contributed by atoms with Crippen LogP contribution in [0.5, 0.6) is 11.5 Å². The molecule has 1 aliphatic carbocycles. The summed E-state index contributed by atoms with van der Waals surface area (Å²) in [6.45, 7) is 14.0. The molecular formula is C58H46N4O. The number of hydrogen-bond acceptors (Lipinski definition) is 5. The summed E-state index contributed by atoms with van der Waals surface area (Å²) in [6.07, 6.45) is 5.46. The average Bonchev–Trinajstić information content (AvgIpc) is 3.56. The first-order valence-corrected chi connectivity index (χ1v) is 21.7. The molecule has 0 saturated carbocycles. The van der Waals surface area contributed by atoms with Gasteiger partial charge in [0.05, 0.1) is 5.56 Å². The fraction of sp³-hybridized carbons (Fsp3) is 0.121. The smallest absolute Gasteiger partial charge is 0.167 e. The number of hydrogen-bond donors (Lipinski definition) is 0. The molecule has 3 heterocycles. The number of para-hydroxylation sites is 3. The Morgan fingerprint density at radius 3 is 1.71 bits per heavy atom. The highest BCUT2D eigenvalue weighted by Crippen LogP contribution is 2.55. The van der Waals surface area contributed by atoms with E-state index >= 15 is 0 Å². The van der Waals surface area contributed by atoms with Crippen molar-refractivity contribution in [3.63, 3.8) is 0 Å². The fourth-order valence-electron chi connectivity index (χ4n) is 9.84. The Labute approximate surface area is 369 Å². The topological polar surface area (TPSA) is 51.1 Å². The van der Waals surface area contributed by atoms with E-state index in [1.165, 1.54) is 27.8 Å². The largest absolute Gasteiger partial charge is 0.455 e. The van der Waals surface area contributed by atoms with Gasteiger partial charge < -0.3 is 9.64 Å². The molecule has 63 heavy (non-hydrogen) atoms. The molecule has 0 N–H and O–H groups in total. The van der Waals surface area contributed by atoms with Gasteiger partial charge in [-0.3, -0.25) is 0 Å². The molecule has 0 radical (unpaired) electrons. The summed E-state index contributed by atoms with van der Waals surface area (Å²) in [7, 11) is 0. The van der Waals surface area contributed by atoms with E-state index in [2.05, 4.69) is 154 Å². The van der Waals surface area contributed by atoms with Crippen LogP contribution in [0.2, 0.25) is 0 Å². The third-order valence-electron chi connectivity index (χ3n) is 13.1. The Balaban J connectivity index is 1.06. The SMILES string of the molecule is C=C1/C=C2\C(=C/Cc3cc(-c4cccc5c4Oc4c(-c6nc(-c7ccccc7)nc(-c7ccccc7)n6)cccc4C5(C)C)ccc3N1c1ccccc1)c1ccccc1C2(C)C. The predicted molar refractivity (Wildman–Crippen MR) is 257 cm³/mol. The van der Waals surface area contributed by atoms with Crippen molar-refractivity contribution < 1.29 is 4.74 Å². The van der Waals surface area contributed by atoms with Crippen molar-refractivity contribution in [1.82, 2.24) is 15.0 Å². The molecule has 5 heteroatoms. The van der Waals surface area contributed by atoms with E-state index in [0.29, 0.717) is 17.5 Å². The summed E-state index contributed by atoms with van der Waals surface area (Å²) in [5.41, 5.74) is 15.9. The summed E-state index contributed by atoms with van der Waals surface area (Å²) in [4.78, 5) is 17.5. The number of anilines is 2. The third kappa shape index (κ3) is 6.34. The molecule has 11 rings (SSSR count). The summed E-state index contributed by atoms with van der Waals surface area (Å²) in [5.74, 6) is 3.38. The van der Waals surface area contributed by atoms with Gasteiger partial charge in [0.25, 0.3) is 0 Å². The van der Waals surface area contributed by atoms with E-state index in [-0.39, 0.29) is 5.41 Å². The zero-order chi connectivity index (χ0) is 42.9. The zero-order valence-electron chi connectivity index (χ0n) is 35.9. The van der Waals surface area contributed by atoms with Crippen LogP contribution >= 0.6 is 0 Å². The highest BCUT2D eigenvalue weighted by molar-refractivity contribution is 5.92. The Morgan fingerprint density at radius 1 is 0.508 bits per heavy atom. The van der Waals surface area contributed by atoms with Gasteiger partial charge in [0.1, 0.15) is 11.5 Å². The molecule has 7 aromatic carbocycles. The van der Waals surface area contributed by atoms with Crippen LogP contribution in [0.4, 0.5) is 11.4 Å². The average molecular weight is 815 g/mol. The minimum atomic E-state index is -0.398. The van der Waals surface area contributed by atoms with Gasteiger partial charge in [0.2, 0.25) is 0 Å². The maximum Gasteiger partial charge on any atom is 0.167 e. The predicted octanol–water partition coefficient (Wildman–Crippen LogP) is 14.5. The van der Waals surface area contributed by atoms with Crippen molar-refractivity contribution >= 4 is 16.9 Å². The molecule has 304 valence electrons. The second kappa shape index (κ2) is 14.8. The lowest BCUT2D eigenvalue weighted by molar-refractivity contribution is 0.421. The number of ether oxygens (including phenoxy) is 1. The minimum absolute atomic E-state index is 0.175. The Morgan fingerprint density at radius 2 is 1.05 bits per heavy atom. The van der Waals surface area contributed by atoms with Crippen LogP contribution in [0.25, 0.3) is 50.9 Å². The molecule has 8 aromatic rings. The molecule has 0 atom stereocenters. The molecule has 5 nitrogen and oxygen atoms in total. The zero-order valence-corrected chi connectivity index (χ0v) is 35.9. The van der Waals surface area contributed by atoms with Gasteiger partial charge in [0, 0.05) is 55.7 Å². The number of allylic oxidation sites excluding steroid dienone is 4. The molecule has 0 unspecified atom stereocenters. The van der Waals surface area contributed by atoms with E-state index in [1.807, 2.05) is 60.7 Å². The number of benzene rings is 7. The number of nitrogens with zero attached hydrogens (tertiary/aromatic N) is 4. The Kier molecular flexibility index (Phi) is 8.98. The van der Waals surface area contributed by atoms with Gasteiger partial charge >= 0.3 is 0 Å². The van der Waals surface area contributed by atoms with Gasteiger partial charge in [0.15, 0.2) is 17.5 Å². The Hall–Kier alpha value is -7.63. The standard InChI is InChI=1S/C58H46N4O/c1-37-35-50-45(44-25-15-16-28-47(44)57(50,2)3)33-31-41-36-40(32-34-51(41)62(37)42-23-13-8-14-24-42)43-26-17-29-48-52(43)63-53-46(27-18-30-49(53)58(48,4)5)56-60-54(38-19-9-6-10-20-38)59-55(61-56)39-21-11-7-12-22-39/h6-30,32-36H,1,31H2,2-5H3/b45-33-,50-35+. The molecule has 0 amide bonds. The highest BCUT2D eigenvalue weighted by atomic mass is 16.5. The van der Waals surface area contributed by atoms with Crippen LogP contribution in [-0.4, -0.2) is 15.0 Å². The molecule has 0 saturated heterocycles.